The zero-order valence-electron chi connectivity index (χ0n) is 17.1. The van der Waals surface area contributed by atoms with Crippen molar-refractivity contribution in [2.75, 3.05) is 5.32 Å². The van der Waals surface area contributed by atoms with Crippen molar-refractivity contribution in [3.05, 3.63) is 71.1 Å². The monoisotopic (exact) mass is 448 g/mol. The number of rotatable bonds is 6. The average Bonchev–Trinajstić information content (AvgIpc) is 3.48. The third-order valence-corrected chi connectivity index (χ3v) is 7.12. The predicted molar refractivity (Wildman–Crippen MR) is 126 cm³/mol. The smallest absolute Gasteiger partial charge is 0.291 e. The maximum atomic E-state index is 13.2. The molecular weight excluding hydrogens is 428 g/mol. The van der Waals surface area contributed by atoms with E-state index in [0.29, 0.717) is 17.1 Å². The van der Waals surface area contributed by atoms with Crippen molar-refractivity contribution in [1.82, 2.24) is 14.8 Å². The van der Waals surface area contributed by atoms with Crippen molar-refractivity contribution in [2.45, 2.75) is 30.5 Å². The molecule has 0 bridgehead atoms. The number of para-hydroxylation sites is 1. The molecule has 6 nitrogen and oxygen atoms in total. The summed E-state index contributed by atoms with van der Waals surface area (Å²) >= 11 is 3.11. The molecule has 8 heteroatoms. The van der Waals surface area contributed by atoms with E-state index in [1.807, 2.05) is 49.4 Å². The van der Waals surface area contributed by atoms with Gasteiger partial charge in [0.25, 0.3) is 5.91 Å². The number of hydrogen-bond acceptors (Lipinski definition) is 6. The lowest BCUT2D eigenvalue weighted by Crippen LogP contribution is -2.12. The van der Waals surface area contributed by atoms with Crippen molar-refractivity contribution in [1.29, 1.82) is 0 Å². The van der Waals surface area contributed by atoms with Crippen molar-refractivity contribution in [3.63, 3.8) is 0 Å². The van der Waals surface area contributed by atoms with Crippen LogP contribution in [0.4, 0.5) is 5.69 Å². The summed E-state index contributed by atoms with van der Waals surface area (Å²) in [5.41, 5.74) is 3.45. The molecule has 0 saturated carbocycles. The number of carbonyl (C=O) groups is 1. The number of aryl methyl sites for hydroxylation is 2. The van der Waals surface area contributed by atoms with Crippen LogP contribution in [0.15, 0.2) is 63.5 Å². The van der Waals surface area contributed by atoms with Gasteiger partial charge in [0.15, 0.2) is 10.1 Å². The van der Waals surface area contributed by atoms with E-state index in [0.717, 1.165) is 43.4 Å². The minimum atomic E-state index is -0.255. The Morgan fingerprint density at radius 1 is 1.19 bits per heavy atom. The third kappa shape index (κ3) is 3.84. The molecule has 3 aromatic heterocycles. The van der Waals surface area contributed by atoms with Crippen LogP contribution in [0.1, 0.15) is 28.0 Å². The maximum Gasteiger partial charge on any atom is 0.291 e. The standard InChI is InChI=1S/C23H20N4O2S2/c1-3-27-11-10-15-12-16(8-9-19(15)27)24-22(28)21-18(13-30-23-26-25-14(2)31-23)17-6-4-5-7-20(17)29-21/h4-12H,3,13H2,1-2H3,(H,24,28). The topological polar surface area (TPSA) is 73.0 Å². The summed E-state index contributed by atoms with van der Waals surface area (Å²) in [6.45, 7) is 4.95. The zero-order valence-corrected chi connectivity index (χ0v) is 18.7. The Morgan fingerprint density at radius 3 is 2.87 bits per heavy atom. The molecule has 0 atom stereocenters. The first-order chi connectivity index (χ1) is 15.1. The number of benzene rings is 2. The van der Waals surface area contributed by atoms with Crippen molar-refractivity contribution >= 4 is 56.6 Å². The van der Waals surface area contributed by atoms with Crippen LogP contribution in [-0.2, 0) is 12.3 Å². The van der Waals surface area contributed by atoms with Crippen LogP contribution in [-0.4, -0.2) is 20.7 Å². The average molecular weight is 449 g/mol. The van der Waals surface area contributed by atoms with Crippen LogP contribution >= 0.6 is 23.1 Å². The molecule has 5 aromatic rings. The van der Waals surface area contributed by atoms with Gasteiger partial charge in [0.05, 0.1) is 0 Å². The second kappa shape index (κ2) is 8.20. The minimum Gasteiger partial charge on any atom is -0.451 e. The quantitative estimate of drug-likeness (QED) is 0.317. The van der Waals surface area contributed by atoms with Gasteiger partial charge in [-0.2, -0.15) is 0 Å². The molecule has 0 aliphatic carbocycles. The molecule has 2 aromatic carbocycles. The van der Waals surface area contributed by atoms with E-state index >= 15 is 0 Å². The number of fused-ring (bicyclic) bond motifs is 2. The van der Waals surface area contributed by atoms with Gasteiger partial charge in [0.1, 0.15) is 10.6 Å². The summed E-state index contributed by atoms with van der Waals surface area (Å²) in [6, 6.07) is 15.7. The lowest BCUT2D eigenvalue weighted by molar-refractivity contribution is 0.0998. The van der Waals surface area contributed by atoms with Crippen LogP contribution < -0.4 is 5.32 Å². The van der Waals surface area contributed by atoms with Gasteiger partial charge >= 0.3 is 0 Å². The Hall–Kier alpha value is -3.10. The second-order valence-electron chi connectivity index (χ2n) is 7.11. The fraction of sp³-hybridized carbons (Fsp3) is 0.174. The van der Waals surface area contributed by atoms with Gasteiger partial charge in [-0.3, -0.25) is 4.79 Å². The van der Waals surface area contributed by atoms with Gasteiger partial charge in [-0.1, -0.05) is 41.3 Å². The summed E-state index contributed by atoms with van der Waals surface area (Å²) in [6.07, 6.45) is 2.06. The molecule has 0 aliphatic heterocycles. The Balaban J connectivity index is 1.45. The number of amides is 1. The number of hydrogen-bond donors (Lipinski definition) is 1. The van der Waals surface area contributed by atoms with Crippen LogP contribution in [0.3, 0.4) is 0 Å². The highest BCUT2D eigenvalue weighted by Gasteiger charge is 2.21. The molecule has 156 valence electrons. The van der Waals surface area contributed by atoms with Crippen molar-refractivity contribution < 1.29 is 9.21 Å². The van der Waals surface area contributed by atoms with Crippen LogP contribution in [0.25, 0.3) is 21.9 Å². The lowest BCUT2D eigenvalue weighted by atomic mass is 10.1. The van der Waals surface area contributed by atoms with E-state index in [4.69, 9.17) is 4.42 Å². The van der Waals surface area contributed by atoms with E-state index in [1.54, 1.807) is 23.1 Å². The van der Waals surface area contributed by atoms with Gasteiger partial charge in [-0.15, -0.1) is 10.2 Å². The molecule has 5 rings (SSSR count). The first-order valence-corrected chi connectivity index (χ1v) is 11.8. The zero-order chi connectivity index (χ0) is 21.4. The van der Waals surface area contributed by atoms with Crippen LogP contribution in [0.2, 0.25) is 0 Å². The van der Waals surface area contributed by atoms with Gasteiger partial charge < -0.3 is 14.3 Å². The van der Waals surface area contributed by atoms with Gasteiger partial charge in [-0.05, 0) is 44.2 Å². The molecular formula is C23H20N4O2S2. The largest absolute Gasteiger partial charge is 0.451 e. The van der Waals surface area contributed by atoms with Gasteiger partial charge in [0, 0.05) is 46.0 Å². The summed E-state index contributed by atoms with van der Waals surface area (Å²) in [5, 5.41) is 14.2. The van der Waals surface area contributed by atoms with Crippen LogP contribution in [0.5, 0.6) is 0 Å². The Morgan fingerprint density at radius 2 is 2.06 bits per heavy atom. The Bertz CT molecular complexity index is 1400. The van der Waals surface area contributed by atoms with E-state index in [-0.39, 0.29) is 5.91 Å². The predicted octanol–water partition coefficient (Wildman–Crippen LogP) is 6.11. The number of carbonyl (C=O) groups excluding carboxylic acids is 1. The van der Waals surface area contributed by atoms with Crippen molar-refractivity contribution in [3.8, 4) is 0 Å². The molecule has 0 radical (unpaired) electrons. The summed E-state index contributed by atoms with van der Waals surface area (Å²) < 4.78 is 9.02. The third-order valence-electron chi connectivity index (χ3n) is 5.12. The SMILES string of the molecule is CCn1ccc2cc(NC(=O)c3oc4ccccc4c3CSc3nnc(C)s3)ccc21. The van der Waals surface area contributed by atoms with E-state index in [1.165, 1.54) is 0 Å². The fourth-order valence-electron chi connectivity index (χ4n) is 3.64. The first-order valence-electron chi connectivity index (χ1n) is 9.96. The number of aromatic nitrogens is 3. The molecule has 1 N–H and O–H groups in total. The highest BCUT2D eigenvalue weighted by Crippen LogP contribution is 2.33. The van der Waals surface area contributed by atoms with E-state index in [9.17, 15) is 4.79 Å². The molecule has 0 spiro atoms. The Labute approximate surface area is 187 Å². The Kier molecular flexibility index (Phi) is 5.25. The normalized spacial score (nSPS) is 11.4. The fourth-order valence-corrected chi connectivity index (χ4v) is 5.48. The molecule has 1 amide bonds. The summed E-state index contributed by atoms with van der Waals surface area (Å²) in [5.74, 6) is 0.656. The number of nitrogens with zero attached hydrogens (tertiary/aromatic N) is 3. The molecule has 0 fully saturated rings. The molecule has 0 aliphatic rings. The van der Waals surface area contributed by atoms with E-state index < -0.39 is 0 Å². The number of anilines is 1. The first kappa shape index (κ1) is 19.8. The number of thioether (sulfide) groups is 1. The van der Waals surface area contributed by atoms with Crippen LogP contribution in [0, 0.1) is 6.92 Å². The number of nitrogens with one attached hydrogen (secondary N) is 1. The summed E-state index contributed by atoms with van der Waals surface area (Å²) in [4.78, 5) is 13.2. The lowest BCUT2D eigenvalue weighted by Gasteiger charge is -2.07. The van der Waals surface area contributed by atoms with Crippen molar-refractivity contribution in [2.24, 2.45) is 0 Å². The minimum absolute atomic E-state index is 0.255. The highest BCUT2D eigenvalue weighted by atomic mass is 32.2. The molecule has 3 heterocycles. The molecule has 0 unspecified atom stereocenters. The highest BCUT2D eigenvalue weighted by molar-refractivity contribution is 8.00. The van der Waals surface area contributed by atoms with E-state index in [2.05, 4.69) is 39.3 Å². The second-order valence-corrected chi connectivity index (χ2v) is 9.52. The van der Waals surface area contributed by atoms with Gasteiger partial charge in [0.2, 0.25) is 0 Å². The maximum absolute atomic E-state index is 13.2. The summed E-state index contributed by atoms with van der Waals surface area (Å²) in [7, 11) is 0. The molecule has 0 saturated heterocycles. The van der Waals surface area contributed by atoms with Gasteiger partial charge in [-0.25, -0.2) is 0 Å². The number of furan rings is 1. The molecule has 31 heavy (non-hydrogen) atoms.